The average Bonchev–Trinajstić information content (AvgIpc) is 3.45. The first-order valence-corrected chi connectivity index (χ1v) is 13.6. The number of rotatable bonds is 5. The van der Waals surface area contributed by atoms with E-state index in [4.69, 9.17) is 9.47 Å². The van der Waals surface area contributed by atoms with Crippen LogP contribution in [0.25, 0.3) is 0 Å². The number of fused-ring (bicyclic) bond motifs is 2. The minimum Gasteiger partial charge on any atom is -0.497 e. The minimum atomic E-state index is -1.17. The van der Waals surface area contributed by atoms with Crippen LogP contribution in [0.1, 0.15) is 37.5 Å². The molecule has 38 heavy (non-hydrogen) atoms. The van der Waals surface area contributed by atoms with Crippen LogP contribution >= 0.6 is 11.8 Å². The van der Waals surface area contributed by atoms with Gasteiger partial charge in [0, 0.05) is 29.6 Å². The SMILES string of the molecule is COc1cccc(NC(=O)N2CCS[C@@]23C(=O)N(Cc2ccc(C(C)(C)C)cc2)c2ccc(OC)cc23)c1. The Morgan fingerprint density at radius 2 is 1.71 bits per heavy atom. The van der Waals surface area contributed by atoms with E-state index in [0.29, 0.717) is 36.0 Å². The van der Waals surface area contributed by atoms with Crippen LogP contribution in [0.3, 0.4) is 0 Å². The van der Waals surface area contributed by atoms with Crippen LogP contribution in [-0.2, 0) is 21.6 Å². The summed E-state index contributed by atoms with van der Waals surface area (Å²) in [5, 5.41) is 2.97. The van der Waals surface area contributed by atoms with Crippen molar-refractivity contribution in [3.05, 3.63) is 83.4 Å². The normalized spacial score (nSPS) is 18.6. The van der Waals surface area contributed by atoms with E-state index in [-0.39, 0.29) is 17.4 Å². The van der Waals surface area contributed by atoms with Crippen molar-refractivity contribution in [3.8, 4) is 11.5 Å². The molecule has 0 saturated carbocycles. The van der Waals surface area contributed by atoms with Gasteiger partial charge >= 0.3 is 6.03 Å². The monoisotopic (exact) mass is 531 g/mol. The Kier molecular flexibility index (Phi) is 6.77. The Bertz CT molecular complexity index is 1370. The number of carbonyl (C=O) groups excluding carboxylic acids is 2. The number of anilines is 2. The zero-order valence-corrected chi connectivity index (χ0v) is 23.2. The van der Waals surface area contributed by atoms with E-state index in [1.54, 1.807) is 36.2 Å². The van der Waals surface area contributed by atoms with Gasteiger partial charge in [0.1, 0.15) is 11.5 Å². The number of benzene rings is 3. The first-order valence-electron chi connectivity index (χ1n) is 12.6. The van der Waals surface area contributed by atoms with Gasteiger partial charge in [-0.1, -0.05) is 51.1 Å². The number of nitrogens with zero attached hydrogens (tertiary/aromatic N) is 2. The molecule has 2 aliphatic rings. The zero-order valence-electron chi connectivity index (χ0n) is 22.4. The maximum absolute atomic E-state index is 14.3. The van der Waals surface area contributed by atoms with Crippen LogP contribution in [0.5, 0.6) is 11.5 Å². The first kappa shape index (κ1) is 26.0. The summed E-state index contributed by atoms with van der Waals surface area (Å²) in [6.45, 7) is 7.40. The molecule has 0 radical (unpaired) electrons. The minimum absolute atomic E-state index is 0.0479. The number of thioether (sulfide) groups is 1. The summed E-state index contributed by atoms with van der Waals surface area (Å²) in [5.41, 5.74) is 4.49. The number of nitrogens with one attached hydrogen (secondary N) is 1. The lowest BCUT2D eigenvalue weighted by atomic mass is 9.87. The molecular weight excluding hydrogens is 498 g/mol. The molecule has 3 aromatic carbocycles. The Morgan fingerprint density at radius 3 is 2.39 bits per heavy atom. The molecule has 1 atom stereocenters. The first-order chi connectivity index (χ1) is 18.2. The lowest BCUT2D eigenvalue weighted by Gasteiger charge is -2.33. The topological polar surface area (TPSA) is 71.1 Å². The molecule has 3 amide bonds. The maximum Gasteiger partial charge on any atom is 0.323 e. The predicted molar refractivity (Wildman–Crippen MR) is 152 cm³/mol. The second kappa shape index (κ2) is 9.91. The fourth-order valence-electron chi connectivity index (χ4n) is 5.06. The summed E-state index contributed by atoms with van der Waals surface area (Å²) in [7, 11) is 3.19. The molecule has 198 valence electrons. The van der Waals surface area contributed by atoms with Gasteiger partial charge in [0.15, 0.2) is 4.87 Å². The van der Waals surface area contributed by atoms with Crippen LogP contribution in [-0.4, -0.2) is 43.4 Å². The molecule has 2 heterocycles. The van der Waals surface area contributed by atoms with Crippen molar-refractivity contribution in [1.82, 2.24) is 4.90 Å². The van der Waals surface area contributed by atoms with Crippen LogP contribution in [0.15, 0.2) is 66.7 Å². The van der Waals surface area contributed by atoms with Crippen molar-refractivity contribution in [1.29, 1.82) is 0 Å². The highest BCUT2D eigenvalue weighted by Gasteiger charge is 2.59. The van der Waals surface area contributed by atoms with Crippen molar-refractivity contribution < 1.29 is 19.1 Å². The van der Waals surface area contributed by atoms with Gasteiger partial charge in [-0.15, -0.1) is 11.8 Å². The maximum atomic E-state index is 14.3. The van der Waals surface area contributed by atoms with Gasteiger partial charge in [-0.05, 0) is 46.9 Å². The molecule has 1 fully saturated rings. The molecule has 5 rings (SSSR count). The van der Waals surface area contributed by atoms with E-state index in [1.165, 1.54) is 17.3 Å². The van der Waals surface area contributed by atoms with Crippen molar-refractivity contribution in [2.24, 2.45) is 0 Å². The summed E-state index contributed by atoms with van der Waals surface area (Å²) in [4.78, 5) is 30.2. The second-order valence-corrected chi connectivity index (χ2v) is 11.8. The van der Waals surface area contributed by atoms with Crippen molar-refractivity contribution in [3.63, 3.8) is 0 Å². The van der Waals surface area contributed by atoms with E-state index in [2.05, 4.69) is 50.4 Å². The van der Waals surface area contributed by atoms with E-state index in [9.17, 15) is 9.59 Å². The molecule has 0 unspecified atom stereocenters. The molecular formula is C30H33N3O4S. The van der Waals surface area contributed by atoms with Gasteiger partial charge in [0.25, 0.3) is 5.91 Å². The Morgan fingerprint density at radius 1 is 1.00 bits per heavy atom. The molecule has 0 bridgehead atoms. The Labute approximate surface area is 228 Å². The zero-order chi connectivity index (χ0) is 27.1. The van der Waals surface area contributed by atoms with Gasteiger partial charge in [0.05, 0.1) is 26.5 Å². The smallest absolute Gasteiger partial charge is 0.323 e. The van der Waals surface area contributed by atoms with E-state index < -0.39 is 4.87 Å². The lowest BCUT2D eigenvalue weighted by Crippen LogP contribution is -2.51. The molecule has 3 aromatic rings. The summed E-state index contributed by atoms with van der Waals surface area (Å²) >= 11 is 1.49. The fourth-order valence-corrected chi connectivity index (χ4v) is 6.51. The standard InChI is InChI=1S/C30H33N3O4S/c1-29(2,3)21-11-9-20(10-12-21)19-32-26-14-13-24(37-5)18-25(26)30(27(32)34)33(15-16-38-30)28(35)31-22-7-6-8-23(17-22)36-4/h6-14,17-18H,15-16,19H2,1-5H3,(H,31,35)/t30-/m0/s1. The lowest BCUT2D eigenvalue weighted by molar-refractivity contribution is -0.123. The molecule has 1 spiro atoms. The summed E-state index contributed by atoms with van der Waals surface area (Å²) in [6.07, 6.45) is 0. The van der Waals surface area contributed by atoms with E-state index in [1.807, 2.05) is 30.3 Å². The highest BCUT2D eigenvalue weighted by molar-refractivity contribution is 8.01. The number of urea groups is 1. The highest BCUT2D eigenvalue weighted by atomic mass is 32.2. The van der Waals surface area contributed by atoms with Crippen LogP contribution in [0.4, 0.5) is 16.2 Å². The Balaban J connectivity index is 1.50. The predicted octanol–water partition coefficient (Wildman–Crippen LogP) is 5.98. The van der Waals surface area contributed by atoms with Crippen LogP contribution in [0.2, 0.25) is 0 Å². The Hall–Kier alpha value is -3.65. The highest BCUT2D eigenvalue weighted by Crippen LogP contribution is 2.55. The third kappa shape index (κ3) is 4.47. The molecule has 2 aliphatic heterocycles. The number of carbonyl (C=O) groups is 2. The quantitative estimate of drug-likeness (QED) is 0.439. The largest absolute Gasteiger partial charge is 0.497 e. The van der Waals surface area contributed by atoms with Crippen molar-refractivity contribution in [2.45, 2.75) is 37.6 Å². The molecule has 0 aliphatic carbocycles. The molecule has 1 saturated heterocycles. The number of hydrogen-bond acceptors (Lipinski definition) is 5. The molecule has 1 N–H and O–H groups in total. The van der Waals surface area contributed by atoms with Gasteiger partial charge in [-0.3, -0.25) is 9.69 Å². The van der Waals surface area contributed by atoms with Gasteiger partial charge in [-0.2, -0.15) is 0 Å². The average molecular weight is 532 g/mol. The summed E-state index contributed by atoms with van der Waals surface area (Å²) < 4.78 is 10.8. The third-order valence-electron chi connectivity index (χ3n) is 7.13. The van der Waals surface area contributed by atoms with E-state index in [0.717, 1.165) is 16.8 Å². The molecule has 0 aromatic heterocycles. The molecule has 8 heteroatoms. The second-order valence-electron chi connectivity index (χ2n) is 10.5. The number of methoxy groups -OCH3 is 2. The van der Waals surface area contributed by atoms with Crippen molar-refractivity contribution >= 4 is 35.1 Å². The summed E-state index contributed by atoms with van der Waals surface area (Å²) in [5.74, 6) is 1.81. The number of ether oxygens (including phenoxy) is 2. The van der Waals surface area contributed by atoms with Gasteiger partial charge < -0.3 is 19.7 Å². The van der Waals surface area contributed by atoms with Crippen molar-refractivity contribution in [2.75, 3.05) is 36.7 Å². The van der Waals surface area contributed by atoms with Gasteiger partial charge in [-0.25, -0.2) is 4.79 Å². The molecule has 7 nitrogen and oxygen atoms in total. The number of amides is 3. The third-order valence-corrected chi connectivity index (χ3v) is 8.55. The number of hydrogen-bond donors (Lipinski definition) is 1. The van der Waals surface area contributed by atoms with Crippen LogP contribution in [0, 0.1) is 0 Å². The van der Waals surface area contributed by atoms with Gasteiger partial charge in [0.2, 0.25) is 0 Å². The fraction of sp³-hybridized carbons (Fsp3) is 0.333. The van der Waals surface area contributed by atoms with Crippen LogP contribution < -0.4 is 19.7 Å². The summed E-state index contributed by atoms with van der Waals surface area (Å²) in [6, 6.07) is 20.9. The van der Waals surface area contributed by atoms with E-state index >= 15 is 0 Å².